The van der Waals surface area contributed by atoms with E-state index in [1.54, 1.807) is 0 Å². The molecule has 0 spiro atoms. The van der Waals surface area contributed by atoms with Crippen molar-refractivity contribution in [1.82, 2.24) is 0 Å². The van der Waals surface area contributed by atoms with Crippen LogP contribution in [0.2, 0.25) is 0 Å². The molecule has 0 saturated carbocycles. The summed E-state index contributed by atoms with van der Waals surface area (Å²) in [5.74, 6) is 0. The average molecular weight is 593 g/mol. The molecule has 0 N–H and O–H groups in total. The minimum absolute atomic E-state index is 0.0314. The zero-order valence-corrected chi connectivity index (χ0v) is 24.5. The van der Waals surface area contributed by atoms with E-state index in [1.807, 2.05) is 0 Å². The summed E-state index contributed by atoms with van der Waals surface area (Å²) in [5, 5.41) is 2.54. The number of benzene rings is 6. The average Bonchev–Trinajstić information content (AvgIpc) is 3.97. The van der Waals surface area contributed by atoms with Crippen molar-refractivity contribution >= 4 is 10.8 Å². The first-order chi connectivity index (χ1) is 22.8. The smallest absolute Gasteiger partial charge is 0.110 e. The molecule has 0 aromatic heterocycles. The van der Waals surface area contributed by atoms with Gasteiger partial charge in [-0.15, -0.1) is 0 Å². The molecule has 0 aliphatic carbocycles. The van der Waals surface area contributed by atoms with Crippen LogP contribution in [0, 0.1) is 0 Å². The third kappa shape index (κ3) is 2.35. The van der Waals surface area contributed by atoms with Crippen LogP contribution in [0.15, 0.2) is 97.1 Å². The van der Waals surface area contributed by atoms with Gasteiger partial charge in [0.1, 0.15) is 48.8 Å². The van der Waals surface area contributed by atoms with Crippen LogP contribution in [0.25, 0.3) is 10.8 Å². The summed E-state index contributed by atoms with van der Waals surface area (Å²) in [7, 11) is 0. The van der Waals surface area contributed by atoms with Crippen molar-refractivity contribution in [3.8, 4) is 0 Å². The fourth-order valence-corrected chi connectivity index (χ4v) is 10.5. The van der Waals surface area contributed by atoms with Crippen LogP contribution in [-0.4, -0.2) is 0 Å². The molecule has 6 aromatic rings. The Morgan fingerprint density at radius 1 is 0.239 bits per heavy atom. The Labute approximate surface area is 264 Å². The second kappa shape index (κ2) is 7.20. The number of hydrogen-bond acceptors (Lipinski definition) is 4. The Balaban J connectivity index is 0.877. The van der Waals surface area contributed by atoms with E-state index >= 15 is 0 Å². The molecular weight excluding hydrogens is 568 g/mol. The quantitative estimate of drug-likeness (QED) is 0.177. The van der Waals surface area contributed by atoms with Crippen LogP contribution in [0.1, 0.15) is 138 Å². The molecule has 14 rings (SSSR count). The Morgan fingerprint density at radius 3 is 0.674 bits per heavy atom. The number of ether oxygens (including phenoxy) is 4. The van der Waals surface area contributed by atoms with Gasteiger partial charge in [-0.05, 0) is 148 Å². The summed E-state index contributed by atoms with van der Waals surface area (Å²) in [6, 6.07) is 36.5. The maximum Gasteiger partial charge on any atom is 0.110 e. The molecular formula is C42H24O4. The molecule has 8 heterocycles. The molecule has 4 nitrogen and oxygen atoms in total. The van der Waals surface area contributed by atoms with Gasteiger partial charge in [-0.2, -0.15) is 0 Å². The lowest BCUT2D eigenvalue weighted by Gasteiger charge is -2.24. The molecule has 6 aromatic carbocycles. The summed E-state index contributed by atoms with van der Waals surface area (Å²) in [6.07, 6.45) is 0.0201. The molecule has 0 radical (unpaired) electrons. The van der Waals surface area contributed by atoms with Gasteiger partial charge >= 0.3 is 0 Å². The molecule has 8 bridgehead atoms. The number of fused-ring (bicyclic) bond motifs is 33. The fraction of sp³-hybridized carbons (Fsp3) is 0.190. The van der Waals surface area contributed by atoms with Crippen LogP contribution in [0.3, 0.4) is 0 Å². The third-order valence-corrected chi connectivity index (χ3v) is 12.4. The minimum atomic E-state index is -0.0364. The summed E-state index contributed by atoms with van der Waals surface area (Å²) in [6.45, 7) is 0. The van der Waals surface area contributed by atoms with Crippen LogP contribution < -0.4 is 0 Å². The van der Waals surface area contributed by atoms with Gasteiger partial charge in [0.15, 0.2) is 0 Å². The molecule has 8 atom stereocenters. The summed E-state index contributed by atoms with van der Waals surface area (Å²) in [5.41, 5.74) is 21.0. The second-order valence-corrected chi connectivity index (χ2v) is 14.4. The van der Waals surface area contributed by atoms with E-state index in [-0.39, 0.29) is 48.8 Å². The van der Waals surface area contributed by atoms with Gasteiger partial charge in [0.2, 0.25) is 0 Å². The molecule has 216 valence electrons. The molecule has 8 unspecified atom stereocenters. The third-order valence-electron chi connectivity index (χ3n) is 12.4. The molecule has 0 saturated heterocycles. The second-order valence-electron chi connectivity index (χ2n) is 14.4. The van der Waals surface area contributed by atoms with Crippen molar-refractivity contribution in [1.29, 1.82) is 0 Å². The van der Waals surface area contributed by atoms with Crippen molar-refractivity contribution in [2.24, 2.45) is 0 Å². The monoisotopic (exact) mass is 592 g/mol. The largest absolute Gasteiger partial charge is 0.356 e. The molecule has 8 aliphatic heterocycles. The first kappa shape index (κ1) is 22.8. The van der Waals surface area contributed by atoms with Gasteiger partial charge < -0.3 is 18.9 Å². The SMILES string of the molecule is c1ccc2c(c1)C1OC2c2cc3c(cc21)C1OC3c2cc3c(cc21)C1OC3c2cc3cc4c(cc3cc21)C1OC4c2ccccc21. The van der Waals surface area contributed by atoms with Gasteiger partial charge in [0.05, 0.1) is 0 Å². The Kier molecular flexibility index (Phi) is 3.58. The Hall–Kier alpha value is -4.58. The van der Waals surface area contributed by atoms with Crippen molar-refractivity contribution in [2.45, 2.75) is 48.8 Å². The van der Waals surface area contributed by atoms with Crippen molar-refractivity contribution in [2.75, 3.05) is 0 Å². The first-order valence-electron chi connectivity index (χ1n) is 16.5. The van der Waals surface area contributed by atoms with E-state index in [0.29, 0.717) is 0 Å². The van der Waals surface area contributed by atoms with Crippen LogP contribution >= 0.6 is 0 Å². The van der Waals surface area contributed by atoms with Gasteiger partial charge in [-0.25, -0.2) is 0 Å². The highest BCUT2D eigenvalue weighted by Crippen LogP contribution is 2.63. The van der Waals surface area contributed by atoms with Gasteiger partial charge in [-0.1, -0.05) is 48.5 Å². The zero-order valence-electron chi connectivity index (χ0n) is 24.5. The first-order valence-corrected chi connectivity index (χ1v) is 16.5. The van der Waals surface area contributed by atoms with E-state index in [1.165, 1.54) is 99.8 Å². The zero-order chi connectivity index (χ0) is 29.2. The predicted molar refractivity (Wildman–Crippen MR) is 169 cm³/mol. The summed E-state index contributed by atoms with van der Waals surface area (Å²) in [4.78, 5) is 0. The molecule has 46 heavy (non-hydrogen) atoms. The lowest BCUT2D eigenvalue weighted by atomic mass is 9.76. The highest BCUT2D eigenvalue weighted by Gasteiger charge is 2.51. The van der Waals surface area contributed by atoms with E-state index in [2.05, 4.69) is 97.1 Å². The maximum atomic E-state index is 6.79. The fourth-order valence-electron chi connectivity index (χ4n) is 10.5. The summed E-state index contributed by atoms with van der Waals surface area (Å²) >= 11 is 0. The molecule has 0 amide bonds. The van der Waals surface area contributed by atoms with Crippen molar-refractivity contribution in [3.63, 3.8) is 0 Å². The maximum absolute atomic E-state index is 6.79. The lowest BCUT2D eigenvalue weighted by Crippen LogP contribution is -2.11. The molecule has 0 fully saturated rings. The minimum Gasteiger partial charge on any atom is -0.356 e. The Bertz CT molecular complexity index is 2340. The van der Waals surface area contributed by atoms with E-state index in [9.17, 15) is 0 Å². The van der Waals surface area contributed by atoms with Crippen molar-refractivity contribution in [3.05, 3.63) is 186 Å². The van der Waals surface area contributed by atoms with E-state index < -0.39 is 0 Å². The lowest BCUT2D eigenvalue weighted by molar-refractivity contribution is 0.0803. The van der Waals surface area contributed by atoms with Crippen molar-refractivity contribution < 1.29 is 18.9 Å². The van der Waals surface area contributed by atoms with E-state index in [0.717, 1.165) is 0 Å². The van der Waals surface area contributed by atoms with Gasteiger partial charge in [-0.3, -0.25) is 0 Å². The molecule has 8 aliphatic rings. The standard InChI is InChI=1S/C42H24O4/c1-2-6-20-19(5-1)35-23-9-17-11-25-26(12-18(17)10-24(23)36(20)43-35)40-30-16-34-33(15-29(30)39(25)45-40)41-31-13-27-28(14-32(31)42(34)46-41)38-22-8-4-3-7-21(22)37(27)44-38/h1-16,35-42H. The number of hydrogen-bond donors (Lipinski definition) is 0. The van der Waals surface area contributed by atoms with Gasteiger partial charge in [0, 0.05) is 0 Å². The Morgan fingerprint density at radius 2 is 0.435 bits per heavy atom. The highest BCUT2D eigenvalue weighted by atomic mass is 16.5. The predicted octanol–water partition coefficient (Wildman–Crippen LogP) is 8.93. The van der Waals surface area contributed by atoms with Crippen LogP contribution in [0.5, 0.6) is 0 Å². The normalized spacial score (nSPS) is 30.7. The van der Waals surface area contributed by atoms with Crippen LogP contribution in [0.4, 0.5) is 0 Å². The van der Waals surface area contributed by atoms with Crippen LogP contribution in [-0.2, 0) is 18.9 Å². The topological polar surface area (TPSA) is 36.9 Å². The van der Waals surface area contributed by atoms with E-state index in [4.69, 9.17) is 18.9 Å². The number of rotatable bonds is 0. The highest BCUT2D eigenvalue weighted by molar-refractivity contribution is 5.88. The summed E-state index contributed by atoms with van der Waals surface area (Å²) < 4.78 is 26.6. The van der Waals surface area contributed by atoms with Gasteiger partial charge in [0.25, 0.3) is 0 Å². The molecule has 4 heteroatoms.